The molecular formula is C17H17NO4. The van der Waals surface area contributed by atoms with Crippen molar-refractivity contribution >= 4 is 17.4 Å². The van der Waals surface area contributed by atoms with Crippen molar-refractivity contribution in [2.75, 3.05) is 19.5 Å². The maximum Gasteiger partial charge on any atom is 0.255 e. The van der Waals surface area contributed by atoms with Crippen molar-refractivity contribution in [2.24, 2.45) is 0 Å². The number of carbonyl (C=O) groups is 2. The summed E-state index contributed by atoms with van der Waals surface area (Å²) in [6, 6.07) is 11.7. The molecule has 0 spiro atoms. The summed E-state index contributed by atoms with van der Waals surface area (Å²) in [6.07, 6.45) is 0. The highest BCUT2D eigenvalue weighted by molar-refractivity contribution is 6.05. The van der Waals surface area contributed by atoms with E-state index in [9.17, 15) is 9.59 Å². The smallest absolute Gasteiger partial charge is 0.255 e. The van der Waals surface area contributed by atoms with Gasteiger partial charge in [-0.25, -0.2) is 0 Å². The number of ether oxygens (including phenoxy) is 2. The summed E-state index contributed by atoms with van der Waals surface area (Å²) in [5, 5.41) is 2.77. The number of Topliss-reactive ketones (excluding diaryl/α,β-unsaturated/α-hetero) is 1. The zero-order valence-corrected chi connectivity index (χ0v) is 12.7. The van der Waals surface area contributed by atoms with Gasteiger partial charge in [-0.3, -0.25) is 9.59 Å². The van der Waals surface area contributed by atoms with Crippen LogP contribution < -0.4 is 14.8 Å². The van der Waals surface area contributed by atoms with Crippen LogP contribution in [-0.2, 0) is 0 Å². The first-order valence-corrected chi connectivity index (χ1v) is 6.69. The number of carbonyl (C=O) groups excluding carboxylic acids is 2. The van der Waals surface area contributed by atoms with Gasteiger partial charge in [0.25, 0.3) is 5.91 Å². The maximum absolute atomic E-state index is 12.2. The first-order valence-electron chi connectivity index (χ1n) is 6.69. The summed E-state index contributed by atoms with van der Waals surface area (Å²) >= 11 is 0. The Labute approximate surface area is 128 Å². The molecule has 0 aliphatic rings. The Morgan fingerprint density at radius 1 is 0.864 bits per heavy atom. The van der Waals surface area contributed by atoms with Gasteiger partial charge in [0.15, 0.2) is 17.3 Å². The molecule has 0 fully saturated rings. The summed E-state index contributed by atoms with van der Waals surface area (Å²) in [6.45, 7) is 1.50. The molecule has 0 saturated heterocycles. The molecule has 0 atom stereocenters. The zero-order valence-electron chi connectivity index (χ0n) is 12.7. The minimum absolute atomic E-state index is 0.0160. The van der Waals surface area contributed by atoms with E-state index in [0.29, 0.717) is 28.3 Å². The fourth-order valence-corrected chi connectivity index (χ4v) is 1.97. The van der Waals surface area contributed by atoms with E-state index in [1.165, 1.54) is 21.1 Å². The van der Waals surface area contributed by atoms with Crippen LogP contribution in [0.4, 0.5) is 5.69 Å². The molecule has 0 bridgehead atoms. The molecule has 0 aromatic heterocycles. The number of methoxy groups -OCH3 is 2. The van der Waals surface area contributed by atoms with Crippen molar-refractivity contribution in [2.45, 2.75) is 6.92 Å². The second-order valence-corrected chi connectivity index (χ2v) is 4.66. The second kappa shape index (κ2) is 6.76. The lowest BCUT2D eigenvalue weighted by Gasteiger charge is -2.10. The lowest BCUT2D eigenvalue weighted by Crippen LogP contribution is -2.12. The first-order chi connectivity index (χ1) is 10.5. The van der Waals surface area contributed by atoms with E-state index in [1.54, 1.807) is 42.5 Å². The maximum atomic E-state index is 12.2. The fourth-order valence-electron chi connectivity index (χ4n) is 1.97. The molecule has 2 aromatic rings. The van der Waals surface area contributed by atoms with Gasteiger partial charge in [0.2, 0.25) is 0 Å². The molecule has 0 radical (unpaired) electrons. The van der Waals surface area contributed by atoms with Gasteiger partial charge in [-0.15, -0.1) is 0 Å². The van der Waals surface area contributed by atoms with Crippen LogP contribution in [0.5, 0.6) is 11.5 Å². The zero-order chi connectivity index (χ0) is 16.1. The molecule has 0 aliphatic heterocycles. The minimum atomic E-state index is -0.267. The minimum Gasteiger partial charge on any atom is -0.493 e. The summed E-state index contributed by atoms with van der Waals surface area (Å²) < 4.78 is 10.3. The molecule has 22 heavy (non-hydrogen) atoms. The van der Waals surface area contributed by atoms with Gasteiger partial charge in [-0.2, -0.15) is 0 Å². The molecule has 0 aliphatic carbocycles. The lowest BCUT2D eigenvalue weighted by atomic mass is 10.1. The van der Waals surface area contributed by atoms with Crippen molar-refractivity contribution < 1.29 is 19.1 Å². The van der Waals surface area contributed by atoms with Gasteiger partial charge in [-0.1, -0.05) is 0 Å². The standard InChI is InChI=1S/C17H17NO4/c1-11(19)12-4-7-14(8-5-12)18-17(20)13-6-9-15(21-2)16(10-13)22-3/h4-10H,1-3H3,(H,18,20). The van der Waals surface area contributed by atoms with Crippen molar-refractivity contribution in [1.82, 2.24) is 0 Å². The summed E-state index contributed by atoms with van der Waals surface area (Å²) in [4.78, 5) is 23.4. The molecule has 114 valence electrons. The third-order valence-electron chi connectivity index (χ3n) is 3.20. The summed E-state index contributed by atoms with van der Waals surface area (Å²) in [7, 11) is 3.05. The van der Waals surface area contributed by atoms with Crippen LogP contribution in [0.1, 0.15) is 27.6 Å². The third kappa shape index (κ3) is 3.44. The Morgan fingerprint density at radius 2 is 1.45 bits per heavy atom. The summed E-state index contributed by atoms with van der Waals surface area (Å²) in [5.41, 5.74) is 1.67. The fraction of sp³-hybridized carbons (Fsp3) is 0.176. The third-order valence-corrected chi connectivity index (χ3v) is 3.20. The van der Waals surface area contributed by atoms with E-state index in [0.717, 1.165) is 0 Å². The summed E-state index contributed by atoms with van der Waals surface area (Å²) in [5.74, 6) is 0.765. The number of ketones is 1. The van der Waals surface area contributed by atoms with Gasteiger partial charge in [0.05, 0.1) is 14.2 Å². The van der Waals surface area contributed by atoms with Gasteiger partial charge >= 0.3 is 0 Å². The number of rotatable bonds is 5. The number of hydrogen-bond donors (Lipinski definition) is 1. The Hall–Kier alpha value is -2.82. The Balaban J connectivity index is 2.16. The van der Waals surface area contributed by atoms with E-state index in [4.69, 9.17) is 9.47 Å². The highest BCUT2D eigenvalue weighted by atomic mass is 16.5. The van der Waals surface area contributed by atoms with E-state index >= 15 is 0 Å². The van der Waals surface area contributed by atoms with Gasteiger partial charge in [0, 0.05) is 16.8 Å². The Bertz CT molecular complexity index is 692. The molecule has 0 unspecified atom stereocenters. The quantitative estimate of drug-likeness (QED) is 0.861. The number of benzene rings is 2. The molecular weight excluding hydrogens is 282 g/mol. The van der Waals surface area contributed by atoms with E-state index in [1.807, 2.05) is 0 Å². The highest BCUT2D eigenvalue weighted by Gasteiger charge is 2.11. The predicted octanol–water partition coefficient (Wildman–Crippen LogP) is 3.16. The number of anilines is 1. The van der Waals surface area contributed by atoms with E-state index in [-0.39, 0.29) is 11.7 Å². The molecule has 0 saturated carbocycles. The molecule has 0 heterocycles. The molecule has 1 amide bonds. The Kier molecular flexibility index (Phi) is 4.78. The molecule has 1 N–H and O–H groups in total. The molecule has 5 nitrogen and oxygen atoms in total. The average molecular weight is 299 g/mol. The van der Waals surface area contributed by atoms with Crippen LogP contribution in [0.15, 0.2) is 42.5 Å². The van der Waals surface area contributed by atoms with Crippen LogP contribution in [-0.4, -0.2) is 25.9 Å². The van der Waals surface area contributed by atoms with Crippen LogP contribution in [0.25, 0.3) is 0 Å². The second-order valence-electron chi connectivity index (χ2n) is 4.66. The normalized spacial score (nSPS) is 9.95. The SMILES string of the molecule is COc1ccc(C(=O)Nc2ccc(C(C)=O)cc2)cc1OC. The van der Waals surface area contributed by atoms with Crippen LogP contribution in [0.2, 0.25) is 0 Å². The van der Waals surface area contributed by atoms with Gasteiger partial charge in [0.1, 0.15) is 0 Å². The van der Waals surface area contributed by atoms with Gasteiger partial charge < -0.3 is 14.8 Å². The monoisotopic (exact) mass is 299 g/mol. The van der Waals surface area contributed by atoms with E-state index < -0.39 is 0 Å². The van der Waals surface area contributed by atoms with Crippen molar-refractivity contribution in [3.63, 3.8) is 0 Å². The molecule has 5 heteroatoms. The topological polar surface area (TPSA) is 64.6 Å². The molecule has 2 rings (SSSR count). The highest BCUT2D eigenvalue weighted by Crippen LogP contribution is 2.27. The van der Waals surface area contributed by atoms with Gasteiger partial charge in [-0.05, 0) is 49.4 Å². The predicted molar refractivity (Wildman–Crippen MR) is 83.9 cm³/mol. The van der Waals surface area contributed by atoms with Crippen LogP contribution in [0.3, 0.4) is 0 Å². The Morgan fingerprint density at radius 3 is 2.00 bits per heavy atom. The van der Waals surface area contributed by atoms with Crippen molar-refractivity contribution in [3.8, 4) is 11.5 Å². The van der Waals surface area contributed by atoms with Crippen LogP contribution >= 0.6 is 0 Å². The van der Waals surface area contributed by atoms with Crippen LogP contribution in [0, 0.1) is 0 Å². The first kappa shape index (κ1) is 15.6. The average Bonchev–Trinajstić information content (AvgIpc) is 2.54. The van der Waals surface area contributed by atoms with Crippen molar-refractivity contribution in [1.29, 1.82) is 0 Å². The largest absolute Gasteiger partial charge is 0.493 e. The lowest BCUT2D eigenvalue weighted by molar-refractivity contribution is 0.101. The number of nitrogens with one attached hydrogen (secondary N) is 1. The number of hydrogen-bond acceptors (Lipinski definition) is 4. The van der Waals surface area contributed by atoms with E-state index in [2.05, 4.69) is 5.32 Å². The molecule has 2 aromatic carbocycles. The van der Waals surface area contributed by atoms with Crippen molar-refractivity contribution in [3.05, 3.63) is 53.6 Å². The number of amides is 1.